The fraction of sp³-hybridized carbons (Fsp3) is 0.389. The number of azo groups is 1. The number of benzene rings is 5. The Morgan fingerprint density at radius 1 is 0.588 bits per heavy atom. The predicted octanol–water partition coefficient (Wildman–Crippen LogP) is 12.2. The minimum Gasteiger partial charge on any atom is -0.497 e. The molecule has 1 unspecified atom stereocenters. The average Bonchev–Trinajstić information content (AvgIpc) is 3.36. The fourth-order valence-electron chi connectivity index (χ4n) is 7.65. The van der Waals surface area contributed by atoms with Crippen molar-refractivity contribution in [2.24, 2.45) is 10.2 Å². The summed E-state index contributed by atoms with van der Waals surface area (Å²) in [6.45, 7) is 10.9. The first-order valence-electron chi connectivity index (χ1n) is 23.5. The molecule has 2 amide bonds. The zero-order chi connectivity index (χ0) is 48.6. The van der Waals surface area contributed by atoms with Crippen molar-refractivity contribution in [2.75, 3.05) is 47.1 Å². The highest BCUT2D eigenvalue weighted by molar-refractivity contribution is 7.44. The molecule has 2 N–H and O–H groups in total. The number of nitrogens with zero attached hydrogens (tertiary/aromatic N) is 4. The SMILES string of the molecule is COc1ccc(C(OCCCCCNC(=O)c2ccc(N=Nc3ccc(C(=O)NCCCCCOP(OCCC#N)N(C(C)C)C(C)C)cc3)cc2)(c2ccccc2)c2ccc(OC)cc2)cc1. The number of nitrogens with one attached hydrogen (secondary N) is 2. The quantitative estimate of drug-likeness (QED) is 0.0206. The van der Waals surface area contributed by atoms with Crippen molar-refractivity contribution in [2.45, 2.75) is 90.3 Å². The smallest absolute Gasteiger partial charge is 0.259 e. The average molecular weight is 943 g/mol. The lowest BCUT2D eigenvalue weighted by Gasteiger charge is -2.36. The lowest BCUT2D eigenvalue weighted by atomic mass is 9.80. The van der Waals surface area contributed by atoms with Crippen molar-refractivity contribution in [1.82, 2.24) is 15.3 Å². The van der Waals surface area contributed by atoms with Crippen LogP contribution in [-0.2, 0) is 19.4 Å². The number of rotatable bonds is 29. The van der Waals surface area contributed by atoms with Gasteiger partial charge in [0.1, 0.15) is 17.1 Å². The van der Waals surface area contributed by atoms with E-state index in [9.17, 15) is 9.59 Å². The van der Waals surface area contributed by atoms with E-state index in [1.165, 1.54) is 0 Å². The third kappa shape index (κ3) is 15.8. The van der Waals surface area contributed by atoms with Crippen LogP contribution in [0, 0.1) is 11.3 Å². The molecule has 0 heterocycles. The van der Waals surface area contributed by atoms with Crippen LogP contribution < -0.4 is 20.1 Å². The highest BCUT2D eigenvalue weighted by Gasteiger charge is 2.37. The summed E-state index contributed by atoms with van der Waals surface area (Å²) < 4.78 is 32.2. The van der Waals surface area contributed by atoms with Crippen LogP contribution in [0.3, 0.4) is 0 Å². The number of nitriles is 1. The lowest BCUT2D eigenvalue weighted by Crippen LogP contribution is -2.33. The number of hydrogen-bond acceptors (Lipinski definition) is 11. The topological polar surface area (TPSA) is 156 Å². The van der Waals surface area contributed by atoms with E-state index in [4.69, 9.17) is 28.5 Å². The van der Waals surface area contributed by atoms with E-state index >= 15 is 0 Å². The molecule has 0 saturated heterocycles. The molecule has 0 fully saturated rings. The second-order valence-electron chi connectivity index (χ2n) is 16.7. The minimum absolute atomic E-state index is 0.150. The largest absolute Gasteiger partial charge is 0.497 e. The van der Waals surface area contributed by atoms with Crippen LogP contribution in [0.15, 0.2) is 138 Å². The van der Waals surface area contributed by atoms with Gasteiger partial charge in [0.15, 0.2) is 0 Å². The number of carbonyl (C=O) groups excluding carboxylic acids is 2. The first-order chi connectivity index (χ1) is 33.1. The van der Waals surface area contributed by atoms with Gasteiger partial charge in [0.05, 0.1) is 51.3 Å². The zero-order valence-electron chi connectivity index (χ0n) is 40.4. The molecule has 0 aliphatic heterocycles. The molecule has 0 aromatic heterocycles. The number of methoxy groups -OCH3 is 2. The third-order valence-corrected chi connectivity index (χ3v) is 13.2. The van der Waals surface area contributed by atoms with Crippen LogP contribution in [0.5, 0.6) is 11.5 Å². The fourth-order valence-corrected chi connectivity index (χ4v) is 9.27. The molecule has 0 bridgehead atoms. The standard InChI is InChI=1S/C54H67N6O7P/c1-41(2)60(42(3)4)68(67-40-16-35-55)66-39-15-9-13-37-57-53(62)44-21-29-49(30-22-44)59-58-48-27-19-43(20-28-48)52(61)56-36-12-8-14-38-65-54(45-17-10-7-11-18-45,46-23-31-50(63-5)32-24-46)47-25-33-51(64-6)34-26-47/h7,10-11,17-34,41-42H,8-9,12-16,36-40H2,1-6H3,(H,56,61)(H,57,62). The van der Waals surface area contributed by atoms with Crippen LogP contribution >= 0.6 is 8.53 Å². The van der Waals surface area contributed by atoms with Gasteiger partial charge in [-0.3, -0.25) is 9.59 Å². The normalized spacial score (nSPS) is 12.1. The lowest BCUT2D eigenvalue weighted by molar-refractivity contribution is 0.0106. The molecule has 0 aliphatic carbocycles. The molecule has 0 spiro atoms. The van der Waals surface area contributed by atoms with Crippen molar-refractivity contribution < 1.29 is 32.8 Å². The molecule has 5 rings (SSSR count). The maximum Gasteiger partial charge on any atom is 0.259 e. The van der Waals surface area contributed by atoms with E-state index < -0.39 is 14.1 Å². The Kier molecular flexibility index (Phi) is 22.1. The Bertz CT molecular complexity index is 2270. The van der Waals surface area contributed by atoms with Gasteiger partial charge in [-0.05, 0) is 156 Å². The highest BCUT2D eigenvalue weighted by Crippen LogP contribution is 2.46. The van der Waals surface area contributed by atoms with E-state index in [0.717, 1.165) is 66.7 Å². The molecule has 0 saturated carbocycles. The third-order valence-electron chi connectivity index (χ3n) is 11.1. The van der Waals surface area contributed by atoms with Crippen LogP contribution in [0.2, 0.25) is 0 Å². The molecule has 1 atom stereocenters. The van der Waals surface area contributed by atoms with E-state index in [1.54, 1.807) is 62.8 Å². The van der Waals surface area contributed by atoms with Gasteiger partial charge in [-0.1, -0.05) is 54.6 Å². The van der Waals surface area contributed by atoms with Gasteiger partial charge in [-0.15, -0.1) is 0 Å². The molecule has 68 heavy (non-hydrogen) atoms. The number of hydrogen-bond donors (Lipinski definition) is 2. The van der Waals surface area contributed by atoms with E-state index in [0.29, 0.717) is 61.8 Å². The molecular formula is C54H67N6O7P. The maximum atomic E-state index is 13.0. The van der Waals surface area contributed by atoms with Gasteiger partial charge < -0.3 is 33.9 Å². The Morgan fingerprint density at radius 3 is 1.47 bits per heavy atom. The van der Waals surface area contributed by atoms with Gasteiger partial charge in [0, 0.05) is 42.9 Å². The molecular weight excluding hydrogens is 876 g/mol. The summed E-state index contributed by atoms with van der Waals surface area (Å²) in [5.41, 5.74) is 4.40. The Labute approximate surface area is 404 Å². The zero-order valence-corrected chi connectivity index (χ0v) is 41.3. The highest BCUT2D eigenvalue weighted by atomic mass is 31.2. The van der Waals surface area contributed by atoms with Crippen LogP contribution in [-0.4, -0.2) is 75.7 Å². The van der Waals surface area contributed by atoms with Crippen LogP contribution in [0.4, 0.5) is 11.4 Å². The van der Waals surface area contributed by atoms with E-state index in [1.807, 2.05) is 42.5 Å². The van der Waals surface area contributed by atoms with Crippen LogP contribution in [0.1, 0.15) is 110 Å². The van der Waals surface area contributed by atoms with Crippen molar-refractivity contribution in [3.63, 3.8) is 0 Å². The Balaban J connectivity index is 1.02. The van der Waals surface area contributed by atoms with Crippen molar-refractivity contribution in [3.8, 4) is 17.6 Å². The molecule has 360 valence electrons. The van der Waals surface area contributed by atoms with Crippen molar-refractivity contribution in [3.05, 3.63) is 155 Å². The van der Waals surface area contributed by atoms with Crippen molar-refractivity contribution >= 4 is 31.7 Å². The second-order valence-corrected chi connectivity index (χ2v) is 18.1. The van der Waals surface area contributed by atoms with Gasteiger partial charge >= 0.3 is 0 Å². The molecule has 5 aromatic rings. The van der Waals surface area contributed by atoms with Crippen molar-refractivity contribution in [1.29, 1.82) is 5.26 Å². The van der Waals surface area contributed by atoms with Crippen LogP contribution in [0.25, 0.3) is 0 Å². The number of unbranched alkanes of at least 4 members (excludes halogenated alkanes) is 4. The minimum atomic E-state index is -1.25. The van der Waals surface area contributed by atoms with E-state index in [-0.39, 0.29) is 23.9 Å². The monoisotopic (exact) mass is 942 g/mol. The molecule has 0 aliphatic rings. The van der Waals surface area contributed by atoms with Gasteiger partial charge in [-0.25, -0.2) is 4.67 Å². The number of amides is 2. The summed E-state index contributed by atoms with van der Waals surface area (Å²) in [5, 5.41) is 23.6. The molecule has 14 heteroatoms. The predicted molar refractivity (Wildman–Crippen MR) is 269 cm³/mol. The number of ether oxygens (including phenoxy) is 3. The maximum absolute atomic E-state index is 13.0. The molecule has 0 radical (unpaired) electrons. The summed E-state index contributed by atoms with van der Waals surface area (Å²) in [6.07, 6.45) is 5.33. The van der Waals surface area contributed by atoms with Gasteiger partial charge in [-0.2, -0.15) is 15.5 Å². The molecule has 13 nitrogen and oxygen atoms in total. The first-order valence-corrected chi connectivity index (χ1v) is 24.6. The van der Waals surface area contributed by atoms with Gasteiger partial charge in [0.2, 0.25) is 0 Å². The van der Waals surface area contributed by atoms with E-state index in [2.05, 4.69) is 95.7 Å². The number of carbonyl (C=O) groups is 2. The Morgan fingerprint density at radius 2 is 1.03 bits per heavy atom. The Hall–Kier alpha value is -6.00. The summed E-state index contributed by atoms with van der Waals surface area (Å²) in [6, 6.07) is 42.8. The van der Waals surface area contributed by atoms with Gasteiger partial charge in [0.25, 0.3) is 20.3 Å². The summed E-state index contributed by atoms with van der Waals surface area (Å²) >= 11 is 0. The summed E-state index contributed by atoms with van der Waals surface area (Å²) in [4.78, 5) is 25.8. The first kappa shape index (κ1) is 53.0. The summed E-state index contributed by atoms with van der Waals surface area (Å²) in [7, 11) is 2.07. The summed E-state index contributed by atoms with van der Waals surface area (Å²) in [5.74, 6) is 1.23. The second kappa shape index (κ2) is 28.4. The molecule has 5 aromatic carbocycles.